The summed E-state index contributed by atoms with van der Waals surface area (Å²) in [6.45, 7) is 5.77. The Morgan fingerprint density at radius 3 is 2.33 bits per heavy atom. The van der Waals surface area contributed by atoms with E-state index >= 15 is 0 Å². The number of urea groups is 1. The molecule has 0 saturated carbocycles. The highest BCUT2D eigenvalue weighted by Gasteiger charge is 2.25. The van der Waals surface area contributed by atoms with Gasteiger partial charge in [0, 0.05) is 46.4 Å². The fraction of sp³-hybridized carbons (Fsp3) is 0.647. The van der Waals surface area contributed by atoms with Crippen LogP contribution in [0.3, 0.4) is 0 Å². The first-order valence-corrected chi connectivity index (χ1v) is 9.09. The second kappa shape index (κ2) is 9.58. The molecule has 10 nitrogen and oxygen atoms in total. The smallest absolute Gasteiger partial charge is 0.322 e. The van der Waals surface area contributed by atoms with E-state index in [2.05, 4.69) is 20.2 Å². The number of rotatable bonds is 5. The van der Waals surface area contributed by atoms with Gasteiger partial charge in [-0.15, -0.1) is 0 Å². The molecular formula is C17H26N6O4. The van der Waals surface area contributed by atoms with Crippen molar-refractivity contribution >= 4 is 17.6 Å². The average molecular weight is 378 g/mol. The van der Waals surface area contributed by atoms with Gasteiger partial charge in [-0.2, -0.15) is 0 Å². The molecule has 3 amide bonds. The molecule has 0 bridgehead atoms. The number of carbonyl (C=O) groups excluding carboxylic acids is 2. The number of anilines is 1. The van der Waals surface area contributed by atoms with E-state index in [9.17, 15) is 9.59 Å². The lowest BCUT2D eigenvalue weighted by molar-refractivity contribution is -0.134. The van der Waals surface area contributed by atoms with Gasteiger partial charge in [-0.3, -0.25) is 9.69 Å². The quantitative estimate of drug-likeness (QED) is 0.746. The van der Waals surface area contributed by atoms with Crippen LogP contribution in [-0.4, -0.2) is 103 Å². The molecule has 0 spiro atoms. The van der Waals surface area contributed by atoms with E-state index in [1.54, 1.807) is 24.4 Å². The standard InChI is InChI=1S/C17H26N6O4/c1-26-13-15-18-10-14(11-19-15)20-17(25)23-4-2-22(3-5-23)16(24)12-21-6-8-27-9-7-21/h10-11H,2-9,12-13H2,1H3,(H,20,25). The van der Waals surface area contributed by atoms with Crippen LogP contribution in [0.15, 0.2) is 12.4 Å². The van der Waals surface area contributed by atoms with Crippen molar-refractivity contribution in [2.45, 2.75) is 6.61 Å². The largest absolute Gasteiger partial charge is 0.379 e. The first-order valence-electron chi connectivity index (χ1n) is 9.09. The number of ether oxygens (including phenoxy) is 2. The van der Waals surface area contributed by atoms with Crippen LogP contribution >= 0.6 is 0 Å². The summed E-state index contributed by atoms with van der Waals surface area (Å²) in [5.74, 6) is 0.669. The molecule has 3 rings (SSSR count). The van der Waals surface area contributed by atoms with Crippen molar-refractivity contribution in [2.75, 3.05) is 71.5 Å². The number of methoxy groups -OCH3 is 1. The molecule has 0 aliphatic carbocycles. The van der Waals surface area contributed by atoms with Gasteiger partial charge in [0.25, 0.3) is 0 Å². The van der Waals surface area contributed by atoms with Gasteiger partial charge in [-0.05, 0) is 0 Å². The van der Waals surface area contributed by atoms with Gasteiger partial charge in [0.2, 0.25) is 5.91 Å². The summed E-state index contributed by atoms with van der Waals surface area (Å²) < 4.78 is 10.3. The third kappa shape index (κ3) is 5.59. The van der Waals surface area contributed by atoms with Crippen LogP contribution in [0, 0.1) is 0 Å². The SMILES string of the molecule is COCc1ncc(NC(=O)N2CCN(C(=O)CN3CCOCC3)CC2)cn1. The Bertz CT molecular complexity index is 627. The zero-order valence-electron chi connectivity index (χ0n) is 15.6. The van der Waals surface area contributed by atoms with Gasteiger partial charge in [0.05, 0.1) is 37.8 Å². The molecular weight excluding hydrogens is 352 g/mol. The maximum atomic E-state index is 12.4. The van der Waals surface area contributed by atoms with Crippen molar-refractivity contribution in [3.8, 4) is 0 Å². The third-order valence-electron chi connectivity index (χ3n) is 4.61. The normalized spacial score (nSPS) is 18.4. The summed E-state index contributed by atoms with van der Waals surface area (Å²) in [4.78, 5) is 38.7. The van der Waals surface area contributed by atoms with Gasteiger partial charge in [0.15, 0.2) is 5.82 Å². The molecule has 0 unspecified atom stereocenters. The van der Waals surface area contributed by atoms with Crippen LogP contribution in [0.2, 0.25) is 0 Å². The minimum absolute atomic E-state index is 0.110. The maximum Gasteiger partial charge on any atom is 0.322 e. The van der Waals surface area contributed by atoms with Gasteiger partial charge in [-0.1, -0.05) is 0 Å². The molecule has 0 radical (unpaired) electrons. The highest BCUT2D eigenvalue weighted by molar-refractivity contribution is 5.89. The zero-order valence-corrected chi connectivity index (χ0v) is 15.6. The number of aromatic nitrogens is 2. The van der Waals surface area contributed by atoms with Crippen LogP contribution in [0.5, 0.6) is 0 Å². The number of nitrogens with zero attached hydrogens (tertiary/aromatic N) is 5. The Hall–Kier alpha value is -2.30. The van der Waals surface area contributed by atoms with Crippen LogP contribution in [0.4, 0.5) is 10.5 Å². The van der Waals surface area contributed by atoms with Gasteiger partial charge in [0.1, 0.15) is 6.61 Å². The Balaban J connectivity index is 1.42. The molecule has 1 N–H and O–H groups in total. The Morgan fingerprint density at radius 2 is 1.70 bits per heavy atom. The molecule has 2 aliphatic heterocycles. The molecule has 10 heteroatoms. The monoisotopic (exact) mass is 378 g/mol. The topological polar surface area (TPSA) is 100 Å². The van der Waals surface area contributed by atoms with Gasteiger partial charge >= 0.3 is 6.03 Å². The summed E-state index contributed by atoms with van der Waals surface area (Å²) in [5, 5.41) is 2.79. The van der Waals surface area contributed by atoms with E-state index in [0.717, 1.165) is 13.1 Å². The molecule has 0 aromatic carbocycles. The van der Waals surface area contributed by atoms with Crippen molar-refractivity contribution in [1.29, 1.82) is 0 Å². The Kier molecular flexibility index (Phi) is 6.91. The lowest BCUT2D eigenvalue weighted by Gasteiger charge is -2.36. The van der Waals surface area contributed by atoms with Crippen molar-refractivity contribution in [1.82, 2.24) is 24.7 Å². The molecule has 2 saturated heterocycles. The van der Waals surface area contributed by atoms with Crippen LogP contribution in [0.25, 0.3) is 0 Å². The number of carbonyl (C=O) groups is 2. The lowest BCUT2D eigenvalue weighted by Crippen LogP contribution is -2.54. The number of hydrogen-bond donors (Lipinski definition) is 1. The van der Waals surface area contributed by atoms with Crippen molar-refractivity contribution in [3.63, 3.8) is 0 Å². The minimum atomic E-state index is -0.210. The highest BCUT2D eigenvalue weighted by atomic mass is 16.5. The van der Waals surface area contributed by atoms with Crippen LogP contribution in [0.1, 0.15) is 5.82 Å². The predicted molar refractivity (Wildman–Crippen MR) is 97.2 cm³/mol. The molecule has 0 atom stereocenters. The maximum absolute atomic E-state index is 12.4. The summed E-state index contributed by atoms with van der Waals surface area (Å²) in [6.07, 6.45) is 3.11. The molecule has 1 aromatic rings. The number of nitrogens with one attached hydrogen (secondary N) is 1. The molecule has 148 valence electrons. The second-order valence-corrected chi connectivity index (χ2v) is 6.51. The number of piperazine rings is 1. The summed E-state index contributed by atoms with van der Waals surface area (Å²) in [5.41, 5.74) is 0.533. The van der Waals surface area contributed by atoms with E-state index in [4.69, 9.17) is 9.47 Å². The fourth-order valence-electron chi connectivity index (χ4n) is 3.03. The number of morpholine rings is 1. The summed E-state index contributed by atoms with van der Waals surface area (Å²) in [7, 11) is 1.57. The van der Waals surface area contributed by atoms with Crippen molar-refractivity contribution in [2.24, 2.45) is 0 Å². The van der Waals surface area contributed by atoms with E-state index in [0.29, 0.717) is 64.1 Å². The minimum Gasteiger partial charge on any atom is -0.379 e. The Morgan fingerprint density at radius 1 is 1.07 bits per heavy atom. The van der Waals surface area contributed by atoms with Crippen LogP contribution < -0.4 is 5.32 Å². The molecule has 27 heavy (non-hydrogen) atoms. The number of hydrogen-bond acceptors (Lipinski definition) is 7. The van der Waals surface area contributed by atoms with Gasteiger partial charge in [-0.25, -0.2) is 14.8 Å². The van der Waals surface area contributed by atoms with E-state index < -0.39 is 0 Å². The van der Waals surface area contributed by atoms with E-state index in [1.165, 1.54) is 0 Å². The van der Waals surface area contributed by atoms with E-state index in [-0.39, 0.29) is 11.9 Å². The first kappa shape index (κ1) is 19.5. The zero-order chi connectivity index (χ0) is 19.1. The third-order valence-corrected chi connectivity index (χ3v) is 4.61. The van der Waals surface area contributed by atoms with E-state index in [1.807, 2.05) is 4.90 Å². The summed E-state index contributed by atoms with van der Waals surface area (Å²) >= 11 is 0. The average Bonchev–Trinajstić information content (AvgIpc) is 2.70. The second-order valence-electron chi connectivity index (χ2n) is 6.51. The van der Waals surface area contributed by atoms with Crippen molar-refractivity contribution in [3.05, 3.63) is 18.2 Å². The molecule has 2 aliphatic rings. The lowest BCUT2D eigenvalue weighted by atomic mass is 10.3. The van der Waals surface area contributed by atoms with Crippen LogP contribution in [-0.2, 0) is 20.9 Å². The molecule has 2 fully saturated rings. The predicted octanol–water partition coefficient (Wildman–Crippen LogP) is -0.369. The van der Waals surface area contributed by atoms with Gasteiger partial charge < -0.3 is 24.6 Å². The van der Waals surface area contributed by atoms with Crippen molar-refractivity contribution < 1.29 is 19.1 Å². The molecule has 1 aromatic heterocycles. The fourth-order valence-corrected chi connectivity index (χ4v) is 3.03. The first-order chi connectivity index (χ1) is 13.2. The molecule has 3 heterocycles. The summed E-state index contributed by atoms with van der Waals surface area (Å²) in [6, 6.07) is -0.210. The highest BCUT2D eigenvalue weighted by Crippen LogP contribution is 2.09. The Labute approximate surface area is 158 Å². The number of amides is 3.